The lowest BCUT2D eigenvalue weighted by atomic mass is 9.86. The Balaban J connectivity index is 1.36. The summed E-state index contributed by atoms with van der Waals surface area (Å²) in [6, 6.07) is 11.4. The fraction of sp³-hybridized carbons (Fsp3) is 0.481. The molecule has 1 fully saturated rings. The van der Waals surface area contributed by atoms with Crippen molar-refractivity contribution in [2.45, 2.75) is 83.0 Å². The maximum atomic E-state index is 12.5. The van der Waals surface area contributed by atoms with Gasteiger partial charge in [-0.25, -0.2) is 9.78 Å². The molecule has 0 saturated heterocycles. The number of pyridine rings is 1. The quantitative estimate of drug-likeness (QED) is 0.505. The topological polar surface area (TPSA) is 91.2 Å². The highest BCUT2D eigenvalue weighted by Gasteiger charge is 2.32. The first-order valence-electron chi connectivity index (χ1n) is 12.6. The molecule has 9 heteroatoms. The highest BCUT2D eigenvalue weighted by atomic mass is 35.5. The molecule has 3 heterocycles. The normalized spacial score (nSPS) is 21.6. The predicted octanol–water partition coefficient (Wildman–Crippen LogP) is 5.41. The molecule has 2 aromatic heterocycles. The first-order valence-corrected chi connectivity index (χ1v) is 12.9. The standard InChI is InChI=1S/C27H32ClN5O3/c1-27(2,3)36-26(34)30-20-15-18-14-19(28)9-12-22(18)33-23(16-20)31-32-25(33)17-7-10-21(11-8-17)35-24-6-4-5-13-29-24/h4-6,9,12-14,17,20-21H,7-8,10-11,15-16H2,1-3H3,(H,30,34)/t17-,20-,21-/m1/s1. The third kappa shape index (κ3) is 5.64. The maximum absolute atomic E-state index is 12.5. The van der Waals surface area contributed by atoms with E-state index in [0.29, 0.717) is 23.7 Å². The Kier molecular flexibility index (Phi) is 6.88. The van der Waals surface area contributed by atoms with E-state index in [1.54, 1.807) is 6.20 Å². The van der Waals surface area contributed by atoms with Crippen LogP contribution in [0, 0.1) is 0 Å². The van der Waals surface area contributed by atoms with Gasteiger partial charge in [-0.3, -0.25) is 4.57 Å². The molecule has 1 amide bonds. The largest absolute Gasteiger partial charge is 0.474 e. The van der Waals surface area contributed by atoms with Crippen LogP contribution in [0.4, 0.5) is 4.79 Å². The van der Waals surface area contributed by atoms with Crippen molar-refractivity contribution >= 4 is 17.7 Å². The summed E-state index contributed by atoms with van der Waals surface area (Å²) in [5, 5.41) is 12.9. The fourth-order valence-corrected chi connectivity index (χ4v) is 5.28. The van der Waals surface area contributed by atoms with Gasteiger partial charge in [-0.05, 0) is 82.7 Å². The molecule has 8 nitrogen and oxygen atoms in total. The van der Waals surface area contributed by atoms with Crippen LogP contribution in [0.25, 0.3) is 5.69 Å². The van der Waals surface area contributed by atoms with Crippen molar-refractivity contribution in [1.82, 2.24) is 25.1 Å². The zero-order valence-electron chi connectivity index (χ0n) is 20.9. The van der Waals surface area contributed by atoms with Gasteiger partial charge in [0.15, 0.2) is 0 Å². The number of halogens is 1. The minimum absolute atomic E-state index is 0.149. The molecular weight excluding hydrogens is 478 g/mol. The number of rotatable bonds is 4. The van der Waals surface area contributed by atoms with Crippen LogP contribution >= 0.6 is 11.6 Å². The fourth-order valence-electron chi connectivity index (χ4n) is 5.09. The lowest BCUT2D eigenvalue weighted by Crippen LogP contribution is -2.41. The molecule has 190 valence electrons. The number of fused-ring (bicyclic) bond motifs is 3. The number of alkyl carbamates (subject to hydrolysis) is 1. The van der Waals surface area contributed by atoms with E-state index in [-0.39, 0.29) is 18.1 Å². The Hall–Kier alpha value is -3.13. The van der Waals surface area contributed by atoms with Crippen LogP contribution in [-0.4, -0.2) is 43.6 Å². The van der Waals surface area contributed by atoms with E-state index in [4.69, 9.17) is 21.1 Å². The lowest BCUT2D eigenvalue weighted by molar-refractivity contribution is 0.0504. The van der Waals surface area contributed by atoms with Crippen LogP contribution in [0.15, 0.2) is 42.6 Å². The molecule has 0 unspecified atom stereocenters. The molecular formula is C27H32ClN5O3. The molecule has 0 radical (unpaired) electrons. The second-order valence-electron chi connectivity index (χ2n) is 10.6. The van der Waals surface area contributed by atoms with Crippen LogP contribution in [0.1, 0.15) is 69.6 Å². The van der Waals surface area contributed by atoms with E-state index in [1.807, 2.05) is 57.2 Å². The molecule has 1 N–H and O–H groups in total. The Bertz CT molecular complexity index is 1220. The average Bonchev–Trinajstić information content (AvgIpc) is 3.15. The molecule has 0 spiro atoms. The summed E-state index contributed by atoms with van der Waals surface area (Å²) < 4.78 is 13.8. The molecule has 1 saturated carbocycles. The van der Waals surface area contributed by atoms with Crippen LogP contribution < -0.4 is 10.1 Å². The van der Waals surface area contributed by atoms with Gasteiger partial charge in [0.2, 0.25) is 5.88 Å². The zero-order valence-corrected chi connectivity index (χ0v) is 21.7. The first kappa shape index (κ1) is 24.6. The highest BCUT2D eigenvalue weighted by Crippen LogP contribution is 2.37. The molecule has 2 aliphatic rings. The van der Waals surface area contributed by atoms with Crippen molar-refractivity contribution in [3.63, 3.8) is 0 Å². The number of carbonyl (C=O) groups excluding carboxylic acids is 1. The summed E-state index contributed by atoms with van der Waals surface area (Å²) in [5.74, 6) is 2.74. The first-order chi connectivity index (χ1) is 17.2. The van der Waals surface area contributed by atoms with Crippen molar-refractivity contribution < 1.29 is 14.3 Å². The van der Waals surface area contributed by atoms with Gasteiger partial charge in [0.25, 0.3) is 0 Å². The van der Waals surface area contributed by atoms with E-state index in [9.17, 15) is 4.79 Å². The second kappa shape index (κ2) is 10.1. The second-order valence-corrected chi connectivity index (χ2v) is 11.0. The molecule has 3 aromatic rings. The van der Waals surface area contributed by atoms with Crippen molar-refractivity contribution in [3.8, 4) is 11.6 Å². The van der Waals surface area contributed by atoms with Crippen molar-refractivity contribution in [2.75, 3.05) is 0 Å². The third-order valence-corrected chi connectivity index (χ3v) is 6.85. The number of aromatic nitrogens is 4. The monoisotopic (exact) mass is 509 g/mol. The van der Waals surface area contributed by atoms with E-state index < -0.39 is 11.7 Å². The Labute approximate surface area is 216 Å². The number of amides is 1. The van der Waals surface area contributed by atoms with Gasteiger partial charge in [-0.15, -0.1) is 10.2 Å². The third-order valence-electron chi connectivity index (χ3n) is 6.62. The summed E-state index contributed by atoms with van der Waals surface area (Å²) >= 11 is 6.37. The van der Waals surface area contributed by atoms with Gasteiger partial charge >= 0.3 is 6.09 Å². The van der Waals surface area contributed by atoms with E-state index in [0.717, 1.165) is 48.6 Å². The minimum Gasteiger partial charge on any atom is -0.474 e. The highest BCUT2D eigenvalue weighted by molar-refractivity contribution is 6.30. The van der Waals surface area contributed by atoms with Gasteiger partial charge in [-0.2, -0.15) is 0 Å². The molecule has 1 aliphatic carbocycles. The van der Waals surface area contributed by atoms with E-state index in [2.05, 4.69) is 25.1 Å². The summed E-state index contributed by atoms with van der Waals surface area (Å²) in [4.78, 5) is 16.8. The maximum Gasteiger partial charge on any atom is 0.407 e. The Morgan fingerprint density at radius 2 is 1.89 bits per heavy atom. The van der Waals surface area contributed by atoms with Crippen LogP contribution in [-0.2, 0) is 17.6 Å². The van der Waals surface area contributed by atoms with Crippen LogP contribution in [0.5, 0.6) is 5.88 Å². The van der Waals surface area contributed by atoms with Gasteiger partial charge in [0.05, 0.1) is 5.69 Å². The number of nitrogens with zero attached hydrogens (tertiary/aromatic N) is 4. The van der Waals surface area contributed by atoms with Crippen molar-refractivity contribution in [1.29, 1.82) is 0 Å². The van der Waals surface area contributed by atoms with Gasteiger partial charge in [0.1, 0.15) is 23.4 Å². The molecule has 5 rings (SSSR count). The molecule has 1 aliphatic heterocycles. The lowest BCUT2D eigenvalue weighted by Gasteiger charge is -2.28. The summed E-state index contributed by atoms with van der Waals surface area (Å²) in [6.45, 7) is 5.56. The molecule has 36 heavy (non-hydrogen) atoms. The van der Waals surface area contributed by atoms with E-state index >= 15 is 0 Å². The number of nitrogens with one attached hydrogen (secondary N) is 1. The minimum atomic E-state index is -0.567. The number of carbonyl (C=O) groups is 1. The molecule has 0 bridgehead atoms. The van der Waals surface area contributed by atoms with Crippen molar-refractivity contribution in [2.24, 2.45) is 0 Å². The number of hydrogen-bond donors (Lipinski definition) is 1. The van der Waals surface area contributed by atoms with Gasteiger partial charge in [-0.1, -0.05) is 17.7 Å². The van der Waals surface area contributed by atoms with Crippen LogP contribution in [0.2, 0.25) is 5.02 Å². The summed E-state index contributed by atoms with van der Waals surface area (Å²) in [6.07, 6.45) is 6.42. The van der Waals surface area contributed by atoms with Crippen molar-refractivity contribution in [3.05, 3.63) is 64.8 Å². The SMILES string of the molecule is CC(C)(C)OC(=O)N[C@@H]1Cc2cc(Cl)ccc2-n2c(nnc2[C@H]2CC[C@H](Oc3ccccn3)CC2)C1. The number of benzene rings is 1. The predicted molar refractivity (Wildman–Crippen MR) is 137 cm³/mol. The van der Waals surface area contributed by atoms with Gasteiger partial charge in [0, 0.05) is 35.7 Å². The summed E-state index contributed by atoms with van der Waals surface area (Å²) in [7, 11) is 0. The number of ether oxygens (including phenoxy) is 2. The summed E-state index contributed by atoms with van der Waals surface area (Å²) in [5.41, 5.74) is 1.51. The van der Waals surface area contributed by atoms with Gasteiger partial charge < -0.3 is 14.8 Å². The van der Waals surface area contributed by atoms with Crippen LogP contribution in [0.3, 0.4) is 0 Å². The smallest absolute Gasteiger partial charge is 0.407 e. The zero-order chi connectivity index (χ0) is 25.3. The van der Waals surface area contributed by atoms with E-state index in [1.165, 1.54) is 0 Å². The Morgan fingerprint density at radius 3 is 2.61 bits per heavy atom. The number of hydrogen-bond acceptors (Lipinski definition) is 6. The molecule has 1 aromatic carbocycles. The average molecular weight is 510 g/mol. The molecule has 1 atom stereocenters. The Morgan fingerprint density at radius 1 is 1.08 bits per heavy atom.